The van der Waals surface area contributed by atoms with Crippen LogP contribution in [0.3, 0.4) is 0 Å². The lowest BCUT2D eigenvalue weighted by atomic mass is 9.88. The second-order valence-electron chi connectivity index (χ2n) is 3.80. The maximum atomic E-state index is 5.23. The van der Waals surface area contributed by atoms with Crippen molar-refractivity contribution in [2.45, 2.75) is 25.3 Å². The van der Waals surface area contributed by atoms with Gasteiger partial charge in [-0.3, -0.25) is 0 Å². The van der Waals surface area contributed by atoms with Crippen molar-refractivity contribution >= 4 is 0 Å². The van der Waals surface area contributed by atoms with Gasteiger partial charge in [0.15, 0.2) is 0 Å². The predicted octanol–water partition coefficient (Wildman–Crippen LogP) is 2.29. The van der Waals surface area contributed by atoms with Crippen LogP contribution in [0.2, 0.25) is 0 Å². The number of aryl methyl sites for hydroxylation is 1. The third-order valence-electron chi connectivity index (χ3n) is 3.01. The summed E-state index contributed by atoms with van der Waals surface area (Å²) in [6.45, 7) is 0. The lowest BCUT2D eigenvalue weighted by molar-refractivity contribution is 0.412. The summed E-state index contributed by atoms with van der Waals surface area (Å²) in [6, 6.07) is 6.94. The molecule has 0 radical (unpaired) electrons. The molecule has 2 nitrogen and oxygen atoms in total. The van der Waals surface area contributed by atoms with E-state index in [0.29, 0.717) is 6.04 Å². The van der Waals surface area contributed by atoms with Crippen molar-refractivity contribution in [3.63, 3.8) is 0 Å². The van der Waals surface area contributed by atoms with Crippen LogP contribution < -0.4 is 10.1 Å². The van der Waals surface area contributed by atoms with Crippen molar-refractivity contribution in [1.82, 2.24) is 5.32 Å². The van der Waals surface area contributed by atoms with Gasteiger partial charge in [0.05, 0.1) is 7.11 Å². The molecule has 0 aliphatic heterocycles. The van der Waals surface area contributed by atoms with Crippen LogP contribution in [0.15, 0.2) is 18.2 Å². The Morgan fingerprint density at radius 1 is 1.43 bits per heavy atom. The molecule has 0 saturated heterocycles. The van der Waals surface area contributed by atoms with Crippen molar-refractivity contribution in [2.24, 2.45) is 0 Å². The summed E-state index contributed by atoms with van der Waals surface area (Å²) < 4.78 is 5.23. The molecule has 0 unspecified atom stereocenters. The molecule has 0 aromatic heterocycles. The Bertz CT molecular complexity index is 322. The van der Waals surface area contributed by atoms with Crippen molar-refractivity contribution in [3.8, 4) is 5.75 Å². The molecular formula is C12H17NO. The molecule has 1 atom stereocenters. The summed E-state index contributed by atoms with van der Waals surface area (Å²) in [5, 5.41) is 3.36. The first-order valence-corrected chi connectivity index (χ1v) is 5.19. The van der Waals surface area contributed by atoms with E-state index >= 15 is 0 Å². The third-order valence-corrected chi connectivity index (χ3v) is 3.01. The molecule has 14 heavy (non-hydrogen) atoms. The van der Waals surface area contributed by atoms with Gasteiger partial charge in [-0.15, -0.1) is 0 Å². The van der Waals surface area contributed by atoms with Crippen molar-refractivity contribution in [1.29, 1.82) is 0 Å². The standard InChI is InChI=1S/C12H17NO/c1-13-12-5-3-4-9-8-10(14-2)6-7-11(9)12/h6-8,12-13H,3-5H2,1-2H3/t12-/m1/s1. The highest BCUT2D eigenvalue weighted by molar-refractivity contribution is 5.38. The summed E-state index contributed by atoms with van der Waals surface area (Å²) in [5.41, 5.74) is 2.88. The predicted molar refractivity (Wildman–Crippen MR) is 57.7 cm³/mol. The SMILES string of the molecule is CN[C@@H]1CCCc2cc(OC)ccc21. The zero-order valence-electron chi connectivity index (χ0n) is 8.84. The maximum absolute atomic E-state index is 5.23. The molecule has 0 spiro atoms. The van der Waals surface area contributed by atoms with Crippen LogP contribution in [0.1, 0.15) is 30.0 Å². The normalized spacial score (nSPS) is 20.3. The molecule has 1 aliphatic carbocycles. The largest absolute Gasteiger partial charge is 0.497 e. The average Bonchev–Trinajstić information content (AvgIpc) is 2.27. The number of nitrogens with one attached hydrogen (secondary N) is 1. The van der Waals surface area contributed by atoms with E-state index in [1.165, 1.54) is 30.4 Å². The summed E-state index contributed by atoms with van der Waals surface area (Å²) in [4.78, 5) is 0. The quantitative estimate of drug-likeness (QED) is 0.774. The molecular weight excluding hydrogens is 174 g/mol. The zero-order valence-corrected chi connectivity index (χ0v) is 8.84. The van der Waals surface area contributed by atoms with Gasteiger partial charge < -0.3 is 10.1 Å². The molecule has 0 bridgehead atoms. The molecule has 2 rings (SSSR count). The number of benzene rings is 1. The van der Waals surface area contributed by atoms with Crippen molar-refractivity contribution in [2.75, 3.05) is 14.2 Å². The van der Waals surface area contributed by atoms with Crippen LogP contribution in [0.5, 0.6) is 5.75 Å². The number of fused-ring (bicyclic) bond motifs is 1. The fourth-order valence-electron chi connectivity index (χ4n) is 2.22. The Balaban J connectivity index is 2.35. The van der Waals surface area contributed by atoms with Gasteiger partial charge in [0.1, 0.15) is 5.75 Å². The molecule has 1 aliphatic rings. The molecule has 0 fully saturated rings. The van der Waals surface area contributed by atoms with Crippen LogP contribution in [0.4, 0.5) is 0 Å². The molecule has 1 N–H and O–H groups in total. The second kappa shape index (κ2) is 4.01. The van der Waals surface area contributed by atoms with Gasteiger partial charge in [-0.2, -0.15) is 0 Å². The number of ether oxygens (including phenoxy) is 1. The van der Waals surface area contributed by atoms with Crippen molar-refractivity contribution in [3.05, 3.63) is 29.3 Å². The van der Waals surface area contributed by atoms with E-state index in [2.05, 4.69) is 23.5 Å². The van der Waals surface area contributed by atoms with Crippen LogP contribution in [-0.2, 0) is 6.42 Å². The number of hydrogen-bond acceptors (Lipinski definition) is 2. The fourth-order valence-corrected chi connectivity index (χ4v) is 2.22. The molecule has 0 amide bonds. The van der Waals surface area contributed by atoms with E-state index in [1.54, 1.807) is 7.11 Å². The maximum Gasteiger partial charge on any atom is 0.119 e. The Hall–Kier alpha value is -1.02. The summed E-state index contributed by atoms with van der Waals surface area (Å²) in [6.07, 6.45) is 3.70. The molecule has 0 saturated carbocycles. The lowest BCUT2D eigenvalue weighted by Crippen LogP contribution is -2.21. The molecule has 76 valence electrons. The van der Waals surface area contributed by atoms with Gasteiger partial charge in [-0.25, -0.2) is 0 Å². The van der Waals surface area contributed by atoms with Crippen LogP contribution in [-0.4, -0.2) is 14.2 Å². The topological polar surface area (TPSA) is 21.3 Å². The minimum absolute atomic E-state index is 0.532. The van der Waals surface area contributed by atoms with E-state index in [0.717, 1.165) is 5.75 Å². The Morgan fingerprint density at radius 3 is 3.00 bits per heavy atom. The third kappa shape index (κ3) is 1.62. The number of methoxy groups -OCH3 is 1. The number of hydrogen-bond donors (Lipinski definition) is 1. The van der Waals surface area contributed by atoms with Gasteiger partial charge in [0, 0.05) is 6.04 Å². The van der Waals surface area contributed by atoms with E-state index in [1.807, 2.05) is 7.05 Å². The van der Waals surface area contributed by atoms with Gasteiger partial charge in [-0.1, -0.05) is 6.07 Å². The van der Waals surface area contributed by atoms with Crippen LogP contribution in [0, 0.1) is 0 Å². The van der Waals surface area contributed by atoms with E-state index < -0.39 is 0 Å². The van der Waals surface area contributed by atoms with E-state index in [4.69, 9.17) is 4.74 Å². The van der Waals surface area contributed by atoms with Gasteiger partial charge >= 0.3 is 0 Å². The molecule has 2 heteroatoms. The molecule has 1 aromatic carbocycles. The molecule has 1 aromatic rings. The van der Waals surface area contributed by atoms with E-state index in [-0.39, 0.29) is 0 Å². The smallest absolute Gasteiger partial charge is 0.119 e. The summed E-state index contributed by atoms with van der Waals surface area (Å²) in [5.74, 6) is 0.973. The van der Waals surface area contributed by atoms with Crippen molar-refractivity contribution < 1.29 is 4.74 Å². The average molecular weight is 191 g/mol. The fraction of sp³-hybridized carbons (Fsp3) is 0.500. The van der Waals surface area contributed by atoms with E-state index in [9.17, 15) is 0 Å². The van der Waals surface area contributed by atoms with Crippen LogP contribution in [0.25, 0.3) is 0 Å². The summed E-state index contributed by atoms with van der Waals surface area (Å²) in [7, 11) is 3.75. The zero-order chi connectivity index (χ0) is 9.97. The Kier molecular flexibility index (Phi) is 2.73. The second-order valence-corrected chi connectivity index (χ2v) is 3.80. The summed E-state index contributed by atoms with van der Waals surface area (Å²) >= 11 is 0. The van der Waals surface area contributed by atoms with Gasteiger partial charge in [0.25, 0.3) is 0 Å². The first-order chi connectivity index (χ1) is 6.85. The monoisotopic (exact) mass is 191 g/mol. The first-order valence-electron chi connectivity index (χ1n) is 5.19. The van der Waals surface area contributed by atoms with Gasteiger partial charge in [-0.05, 0) is 49.6 Å². The molecule has 0 heterocycles. The highest BCUT2D eigenvalue weighted by atomic mass is 16.5. The lowest BCUT2D eigenvalue weighted by Gasteiger charge is -2.25. The minimum atomic E-state index is 0.532. The highest BCUT2D eigenvalue weighted by Gasteiger charge is 2.18. The van der Waals surface area contributed by atoms with Gasteiger partial charge in [0.2, 0.25) is 0 Å². The first kappa shape index (κ1) is 9.53. The Labute approximate surface area is 85.3 Å². The van der Waals surface area contributed by atoms with Crippen LogP contribution >= 0.6 is 0 Å². The highest BCUT2D eigenvalue weighted by Crippen LogP contribution is 2.31. The minimum Gasteiger partial charge on any atom is -0.497 e. The Morgan fingerprint density at radius 2 is 2.29 bits per heavy atom. The number of rotatable bonds is 2.